The van der Waals surface area contributed by atoms with E-state index in [4.69, 9.17) is 9.47 Å². The van der Waals surface area contributed by atoms with Crippen molar-refractivity contribution in [3.63, 3.8) is 0 Å². The minimum absolute atomic E-state index is 0.0840. The van der Waals surface area contributed by atoms with E-state index in [1.807, 2.05) is 68.4 Å². The monoisotopic (exact) mass is 439 g/mol. The Kier molecular flexibility index (Phi) is 9.92. The molecule has 0 spiro atoms. The summed E-state index contributed by atoms with van der Waals surface area (Å²) in [6.07, 6.45) is 1.18. The second kappa shape index (κ2) is 12.4. The van der Waals surface area contributed by atoms with Crippen LogP contribution < -0.4 is 10.1 Å². The third-order valence-corrected chi connectivity index (χ3v) is 4.81. The number of hydrogen-bond donors (Lipinski definition) is 1. The number of nitrogens with one attached hydrogen (secondary N) is 1. The summed E-state index contributed by atoms with van der Waals surface area (Å²) in [5.74, 6) is 0.829. The lowest BCUT2D eigenvalue weighted by Gasteiger charge is -2.22. The molecule has 0 saturated heterocycles. The van der Waals surface area contributed by atoms with E-state index in [-0.39, 0.29) is 17.2 Å². The zero-order valence-corrected chi connectivity index (χ0v) is 20.0. The highest BCUT2D eigenvalue weighted by atomic mass is 16.5. The molecule has 0 saturated carbocycles. The standard InChI is InChI=1S/C27H37NO4/c1-20(2)15-25(31-18-22-9-7-6-8-10-22)26(30)28-23(17-29)16-21-11-13-24(14-12-21)32-19-27(3,4)5/h6-14,17,20,23,25H,15-16,18-19H2,1-5H3,(H,28,30)/t23-,25-/m0/s1. The Morgan fingerprint density at radius 1 is 1.00 bits per heavy atom. The fourth-order valence-electron chi connectivity index (χ4n) is 3.13. The van der Waals surface area contributed by atoms with Gasteiger partial charge in [-0.05, 0) is 47.4 Å². The zero-order chi connectivity index (χ0) is 23.6. The van der Waals surface area contributed by atoms with Crippen molar-refractivity contribution in [2.45, 2.75) is 66.2 Å². The van der Waals surface area contributed by atoms with Crippen molar-refractivity contribution in [3.05, 3.63) is 65.7 Å². The average molecular weight is 440 g/mol. The van der Waals surface area contributed by atoms with Gasteiger partial charge < -0.3 is 19.6 Å². The Morgan fingerprint density at radius 3 is 2.22 bits per heavy atom. The third kappa shape index (κ3) is 9.65. The summed E-state index contributed by atoms with van der Waals surface area (Å²) in [4.78, 5) is 24.5. The summed E-state index contributed by atoms with van der Waals surface area (Å²) in [6, 6.07) is 16.8. The molecule has 0 radical (unpaired) electrons. The normalized spacial score (nSPS) is 13.4. The van der Waals surface area contributed by atoms with E-state index in [1.54, 1.807) is 0 Å². The van der Waals surface area contributed by atoms with Crippen molar-refractivity contribution in [2.24, 2.45) is 11.3 Å². The molecule has 0 aliphatic carbocycles. The maximum Gasteiger partial charge on any atom is 0.249 e. The van der Waals surface area contributed by atoms with Crippen LogP contribution in [-0.4, -0.2) is 30.9 Å². The Balaban J connectivity index is 1.94. The van der Waals surface area contributed by atoms with Crippen molar-refractivity contribution in [2.75, 3.05) is 6.61 Å². The summed E-state index contributed by atoms with van der Waals surface area (Å²) < 4.78 is 11.7. The van der Waals surface area contributed by atoms with Crippen LogP contribution in [0.4, 0.5) is 0 Å². The van der Waals surface area contributed by atoms with Crippen LogP contribution in [0.15, 0.2) is 54.6 Å². The van der Waals surface area contributed by atoms with Crippen molar-refractivity contribution in [1.82, 2.24) is 5.32 Å². The first-order valence-corrected chi connectivity index (χ1v) is 11.3. The van der Waals surface area contributed by atoms with Crippen molar-refractivity contribution in [3.8, 4) is 5.75 Å². The topological polar surface area (TPSA) is 64.6 Å². The molecule has 0 aliphatic rings. The predicted molar refractivity (Wildman–Crippen MR) is 128 cm³/mol. The number of ether oxygens (including phenoxy) is 2. The molecule has 0 aromatic heterocycles. The third-order valence-electron chi connectivity index (χ3n) is 4.81. The number of benzene rings is 2. The van der Waals surface area contributed by atoms with Crippen LogP contribution in [0.3, 0.4) is 0 Å². The number of aldehydes is 1. The average Bonchev–Trinajstić information content (AvgIpc) is 2.75. The first-order chi connectivity index (χ1) is 15.2. The Bertz CT molecular complexity index is 825. The van der Waals surface area contributed by atoms with Gasteiger partial charge in [-0.15, -0.1) is 0 Å². The fraction of sp³-hybridized carbons (Fsp3) is 0.481. The number of carbonyl (C=O) groups is 2. The van der Waals surface area contributed by atoms with Crippen LogP contribution in [-0.2, 0) is 27.4 Å². The molecule has 1 N–H and O–H groups in total. The van der Waals surface area contributed by atoms with Gasteiger partial charge >= 0.3 is 0 Å². The van der Waals surface area contributed by atoms with E-state index in [0.29, 0.717) is 26.1 Å². The van der Waals surface area contributed by atoms with E-state index < -0.39 is 12.1 Å². The van der Waals surface area contributed by atoms with Crippen molar-refractivity contribution >= 4 is 12.2 Å². The molecule has 0 bridgehead atoms. The largest absolute Gasteiger partial charge is 0.493 e. The van der Waals surface area contributed by atoms with E-state index >= 15 is 0 Å². The van der Waals surface area contributed by atoms with Gasteiger partial charge in [-0.2, -0.15) is 0 Å². The van der Waals surface area contributed by atoms with Gasteiger partial charge in [-0.1, -0.05) is 77.1 Å². The summed E-state index contributed by atoms with van der Waals surface area (Å²) in [5, 5.41) is 2.85. The van der Waals surface area contributed by atoms with E-state index in [1.165, 1.54) is 0 Å². The van der Waals surface area contributed by atoms with Gasteiger partial charge in [0.1, 0.15) is 18.1 Å². The predicted octanol–water partition coefficient (Wildman–Crippen LogP) is 4.97. The molecule has 0 heterocycles. The number of carbonyl (C=O) groups excluding carboxylic acids is 2. The van der Waals surface area contributed by atoms with Gasteiger partial charge in [0.2, 0.25) is 5.91 Å². The lowest BCUT2D eigenvalue weighted by Crippen LogP contribution is -2.44. The molecule has 2 aromatic carbocycles. The molecule has 174 valence electrons. The molecule has 0 unspecified atom stereocenters. The van der Waals surface area contributed by atoms with E-state index in [2.05, 4.69) is 26.1 Å². The second-order valence-corrected chi connectivity index (χ2v) is 9.86. The fourth-order valence-corrected chi connectivity index (χ4v) is 3.13. The van der Waals surface area contributed by atoms with Gasteiger partial charge in [0.15, 0.2) is 0 Å². The van der Waals surface area contributed by atoms with Gasteiger partial charge in [0.25, 0.3) is 0 Å². The van der Waals surface area contributed by atoms with Crippen LogP contribution in [0.2, 0.25) is 0 Å². The molecule has 5 nitrogen and oxygen atoms in total. The second-order valence-electron chi connectivity index (χ2n) is 9.86. The van der Waals surface area contributed by atoms with Crippen molar-refractivity contribution in [1.29, 1.82) is 0 Å². The molecule has 0 aliphatic heterocycles. The van der Waals surface area contributed by atoms with Crippen molar-refractivity contribution < 1.29 is 19.1 Å². The molecule has 1 amide bonds. The summed E-state index contributed by atoms with van der Waals surface area (Å²) in [6.45, 7) is 11.4. The Hall–Kier alpha value is -2.66. The maximum absolute atomic E-state index is 12.9. The first kappa shape index (κ1) is 25.6. The van der Waals surface area contributed by atoms with Gasteiger partial charge in [0, 0.05) is 0 Å². The highest BCUT2D eigenvalue weighted by Gasteiger charge is 2.23. The van der Waals surface area contributed by atoms with E-state index in [0.717, 1.165) is 23.2 Å². The first-order valence-electron chi connectivity index (χ1n) is 11.3. The molecule has 2 atom stereocenters. The molecule has 2 aromatic rings. The molecule has 5 heteroatoms. The molecule has 32 heavy (non-hydrogen) atoms. The number of amides is 1. The van der Waals surface area contributed by atoms with Gasteiger partial charge in [-0.25, -0.2) is 0 Å². The highest BCUT2D eigenvalue weighted by Crippen LogP contribution is 2.19. The highest BCUT2D eigenvalue weighted by molar-refractivity contribution is 5.83. The molecular weight excluding hydrogens is 402 g/mol. The van der Waals surface area contributed by atoms with Crippen LogP contribution >= 0.6 is 0 Å². The van der Waals surface area contributed by atoms with Crippen LogP contribution in [0, 0.1) is 11.3 Å². The maximum atomic E-state index is 12.9. The van der Waals surface area contributed by atoms with Gasteiger partial charge in [-0.3, -0.25) is 4.79 Å². The van der Waals surface area contributed by atoms with Crippen LogP contribution in [0.25, 0.3) is 0 Å². The van der Waals surface area contributed by atoms with E-state index in [9.17, 15) is 9.59 Å². The summed E-state index contributed by atoms with van der Waals surface area (Å²) >= 11 is 0. The van der Waals surface area contributed by atoms with Gasteiger partial charge in [0.05, 0.1) is 19.3 Å². The lowest BCUT2D eigenvalue weighted by molar-refractivity contribution is -0.136. The SMILES string of the molecule is CC(C)C[C@H](OCc1ccccc1)C(=O)N[C@H](C=O)Cc1ccc(OCC(C)(C)C)cc1. The van der Waals surface area contributed by atoms with Crippen LogP contribution in [0.1, 0.15) is 52.2 Å². The Labute approximate surface area is 192 Å². The zero-order valence-electron chi connectivity index (χ0n) is 20.0. The molecule has 0 fully saturated rings. The minimum atomic E-state index is -0.612. The minimum Gasteiger partial charge on any atom is -0.493 e. The molecular formula is C27H37NO4. The number of rotatable bonds is 12. The summed E-state index contributed by atoms with van der Waals surface area (Å²) in [7, 11) is 0. The molecule has 2 rings (SSSR count). The van der Waals surface area contributed by atoms with Crippen LogP contribution in [0.5, 0.6) is 5.75 Å². The quantitative estimate of drug-likeness (QED) is 0.474. The number of hydrogen-bond acceptors (Lipinski definition) is 4. The summed E-state index contributed by atoms with van der Waals surface area (Å²) in [5.41, 5.74) is 2.05. The lowest BCUT2D eigenvalue weighted by atomic mass is 9.99. The Morgan fingerprint density at radius 2 is 1.66 bits per heavy atom. The smallest absolute Gasteiger partial charge is 0.249 e.